The maximum Gasteiger partial charge on any atom is 0.261 e. The third-order valence-electron chi connectivity index (χ3n) is 4.45. The predicted octanol–water partition coefficient (Wildman–Crippen LogP) is 3.66. The quantitative estimate of drug-likeness (QED) is 0.859. The summed E-state index contributed by atoms with van der Waals surface area (Å²) in [5.41, 5.74) is 2.05. The van der Waals surface area contributed by atoms with E-state index in [1.54, 1.807) is 6.92 Å². The summed E-state index contributed by atoms with van der Waals surface area (Å²) in [5.74, 6) is 2.06. The Kier molecular flexibility index (Phi) is 5.66. The number of ether oxygens (including phenoxy) is 3. The monoisotopic (exact) mass is 355 g/mol. The van der Waals surface area contributed by atoms with Crippen molar-refractivity contribution >= 4 is 5.91 Å². The predicted molar refractivity (Wildman–Crippen MR) is 99.9 cm³/mol. The van der Waals surface area contributed by atoms with Crippen LogP contribution in [-0.4, -0.2) is 25.2 Å². The lowest BCUT2D eigenvalue weighted by molar-refractivity contribution is -0.127. The molecule has 0 saturated carbocycles. The molecule has 2 atom stereocenters. The van der Waals surface area contributed by atoms with E-state index in [1.807, 2.05) is 49.4 Å². The highest BCUT2D eigenvalue weighted by Gasteiger charge is 2.20. The van der Waals surface area contributed by atoms with Crippen LogP contribution in [0.4, 0.5) is 0 Å². The lowest BCUT2D eigenvalue weighted by atomic mass is 10.1. The minimum absolute atomic E-state index is 0.154. The van der Waals surface area contributed by atoms with Crippen molar-refractivity contribution in [2.24, 2.45) is 0 Å². The second-order valence-electron chi connectivity index (χ2n) is 6.35. The molecular weight excluding hydrogens is 330 g/mol. The molecule has 3 rings (SSSR count). The third-order valence-corrected chi connectivity index (χ3v) is 4.45. The smallest absolute Gasteiger partial charge is 0.261 e. The minimum Gasteiger partial charge on any atom is -0.486 e. The number of amides is 1. The van der Waals surface area contributed by atoms with Gasteiger partial charge in [0.05, 0.1) is 6.04 Å². The van der Waals surface area contributed by atoms with E-state index in [0.29, 0.717) is 13.2 Å². The van der Waals surface area contributed by atoms with Gasteiger partial charge in [-0.15, -0.1) is 0 Å². The molecule has 0 spiro atoms. The number of fused-ring (bicyclic) bond motifs is 1. The fourth-order valence-corrected chi connectivity index (χ4v) is 2.90. The van der Waals surface area contributed by atoms with Crippen LogP contribution >= 0.6 is 0 Å². The Balaban J connectivity index is 1.63. The molecule has 26 heavy (non-hydrogen) atoms. The number of carbonyl (C=O) groups is 1. The average molecular weight is 355 g/mol. The van der Waals surface area contributed by atoms with E-state index < -0.39 is 6.10 Å². The molecule has 1 amide bonds. The largest absolute Gasteiger partial charge is 0.486 e. The highest BCUT2D eigenvalue weighted by molar-refractivity contribution is 5.81. The first kappa shape index (κ1) is 18.1. The molecule has 5 nitrogen and oxygen atoms in total. The lowest BCUT2D eigenvalue weighted by Crippen LogP contribution is -2.38. The highest BCUT2D eigenvalue weighted by atomic mass is 16.6. The van der Waals surface area contributed by atoms with Gasteiger partial charge in [0.25, 0.3) is 5.91 Å². The maximum absolute atomic E-state index is 12.5. The van der Waals surface area contributed by atoms with E-state index in [2.05, 4.69) is 12.2 Å². The minimum atomic E-state index is -0.581. The molecular formula is C21H25NO4. The Hall–Kier alpha value is -2.69. The molecule has 0 bridgehead atoms. The van der Waals surface area contributed by atoms with Gasteiger partial charge in [-0.2, -0.15) is 0 Å². The third kappa shape index (κ3) is 4.10. The van der Waals surface area contributed by atoms with E-state index in [1.165, 1.54) is 0 Å². The standard InChI is InChI=1S/C21H25NO4/c1-4-16-7-5-6-8-18(16)26-15(3)21(23)22-14(2)17-9-10-19-20(13-17)25-12-11-24-19/h5-10,13-15H,4,11-12H2,1-3H3,(H,22,23)/t14-,15+/m0/s1. The Morgan fingerprint density at radius 2 is 1.85 bits per heavy atom. The number of carbonyl (C=O) groups excluding carboxylic acids is 1. The van der Waals surface area contributed by atoms with Crippen LogP contribution in [0.15, 0.2) is 42.5 Å². The van der Waals surface area contributed by atoms with Crippen LogP contribution in [0.5, 0.6) is 17.2 Å². The zero-order valence-electron chi connectivity index (χ0n) is 15.5. The lowest BCUT2D eigenvalue weighted by Gasteiger charge is -2.22. The molecule has 138 valence electrons. The van der Waals surface area contributed by atoms with Gasteiger partial charge in [0, 0.05) is 0 Å². The van der Waals surface area contributed by atoms with Gasteiger partial charge in [-0.05, 0) is 49.6 Å². The van der Waals surface area contributed by atoms with Crippen molar-refractivity contribution in [1.82, 2.24) is 5.32 Å². The zero-order valence-corrected chi connectivity index (χ0v) is 15.5. The van der Waals surface area contributed by atoms with E-state index in [0.717, 1.165) is 34.8 Å². The summed E-state index contributed by atoms with van der Waals surface area (Å²) in [6.07, 6.45) is 0.278. The van der Waals surface area contributed by atoms with Gasteiger partial charge in [-0.3, -0.25) is 4.79 Å². The molecule has 1 N–H and O–H groups in total. The fraction of sp³-hybridized carbons (Fsp3) is 0.381. The molecule has 0 unspecified atom stereocenters. The number of benzene rings is 2. The highest BCUT2D eigenvalue weighted by Crippen LogP contribution is 2.32. The zero-order chi connectivity index (χ0) is 18.5. The Morgan fingerprint density at radius 1 is 1.12 bits per heavy atom. The molecule has 1 aliphatic heterocycles. The van der Waals surface area contributed by atoms with Gasteiger partial charge >= 0.3 is 0 Å². The first-order chi connectivity index (χ1) is 12.6. The molecule has 0 saturated heterocycles. The van der Waals surface area contributed by atoms with Crippen LogP contribution in [0, 0.1) is 0 Å². The van der Waals surface area contributed by atoms with Gasteiger partial charge in [0.1, 0.15) is 19.0 Å². The van der Waals surface area contributed by atoms with Crippen LogP contribution in [0.1, 0.15) is 37.9 Å². The van der Waals surface area contributed by atoms with Gasteiger partial charge in [-0.1, -0.05) is 31.2 Å². The maximum atomic E-state index is 12.5. The van der Waals surface area contributed by atoms with Crippen molar-refractivity contribution in [3.8, 4) is 17.2 Å². The van der Waals surface area contributed by atoms with Gasteiger partial charge in [0.15, 0.2) is 17.6 Å². The van der Waals surface area contributed by atoms with Gasteiger partial charge in [-0.25, -0.2) is 0 Å². The summed E-state index contributed by atoms with van der Waals surface area (Å²) in [7, 11) is 0. The SMILES string of the molecule is CCc1ccccc1O[C@H](C)C(=O)N[C@@H](C)c1ccc2c(c1)OCCO2. The van der Waals surface area contributed by atoms with Crippen LogP contribution < -0.4 is 19.5 Å². The Bertz CT molecular complexity index is 774. The molecule has 5 heteroatoms. The van der Waals surface area contributed by atoms with E-state index in [9.17, 15) is 4.79 Å². The number of nitrogens with one attached hydrogen (secondary N) is 1. The van der Waals surface area contributed by atoms with E-state index >= 15 is 0 Å². The van der Waals surface area contributed by atoms with E-state index in [-0.39, 0.29) is 11.9 Å². The van der Waals surface area contributed by atoms with Crippen LogP contribution in [0.2, 0.25) is 0 Å². The number of hydrogen-bond acceptors (Lipinski definition) is 4. The molecule has 0 radical (unpaired) electrons. The summed E-state index contributed by atoms with van der Waals surface area (Å²) in [5, 5.41) is 3.00. The molecule has 2 aromatic carbocycles. The second kappa shape index (κ2) is 8.13. The molecule has 0 aliphatic carbocycles. The summed E-state index contributed by atoms with van der Waals surface area (Å²) >= 11 is 0. The first-order valence-electron chi connectivity index (χ1n) is 9.03. The summed E-state index contributed by atoms with van der Waals surface area (Å²) in [4.78, 5) is 12.5. The summed E-state index contributed by atoms with van der Waals surface area (Å²) in [6.45, 7) is 6.87. The average Bonchev–Trinajstić information content (AvgIpc) is 2.67. The van der Waals surface area contributed by atoms with Crippen molar-refractivity contribution < 1.29 is 19.0 Å². The molecule has 1 aliphatic rings. The van der Waals surface area contributed by atoms with Gasteiger partial charge < -0.3 is 19.5 Å². The van der Waals surface area contributed by atoms with Crippen molar-refractivity contribution in [2.45, 2.75) is 39.3 Å². The van der Waals surface area contributed by atoms with Crippen molar-refractivity contribution in [1.29, 1.82) is 0 Å². The Labute approximate surface area is 154 Å². The normalized spacial score (nSPS) is 15.0. The summed E-state index contributed by atoms with van der Waals surface area (Å²) in [6, 6.07) is 13.4. The Morgan fingerprint density at radius 3 is 2.62 bits per heavy atom. The number of hydrogen-bond donors (Lipinski definition) is 1. The molecule has 1 heterocycles. The second-order valence-corrected chi connectivity index (χ2v) is 6.35. The number of para-hydroxylation sites is 1. The molecule has 0 fully saturated rings. The van der Waals surface area contributed by atoms with Crippen molar-refractivity contribution in [3.05, 3.63) is 53.6 Å². The van der Waals surface area contributed by atoms with Crippen LogP contribution in [0.3, 0.4) is 0 Å². The van der Waals surface area contributed by atoms with Gasteiger partial charge in [0.2, 0.25) is 0 Å². The first-order valence-corrected chi connectivity index (χ1v) is 9.03. The molecule has 2 aromatic rings. The topological polar surface area (TPSA) is 56.8 Å². The fourth-order valence-electron chi connectivity index (χ4n) is 2.90. The van der Waals surface area contributed by atoms with Crippen molar-refractivity contribution in [2.75, 3.05) is 13.2 Å². The van der Waals surface area contributed by atoms with Crippen LogP contribution in [0.25, 0.3) is 0 Å². The van der Waals surface area contributed by atoms with Crippen molar-refractivity contribution in [3.63, 3.8) is 0 Å². The van der Waals surface area contributed by atoms with E-state index in [4.69, 9.17) is 14.2 Å². The molecule has 0 aromatic heterocycles. The number of rotatable bonds is 6. The van der Waals surface area contributed by atoms with Crippen LogP contribution in [-0.2, 0) is 11.2 Å². The number of aryl methyl sites for hydroxylation is 1. The summed E-state index contributed by atoms with van der Waals surface area (Å²) < 4.78 is 17.0.